The van der Waals surface area contributed by atoms with Gasteiger partial charge in [-0.15, -0.1) is 0 Å². The van der Waals surface area contributed by atoms with Crippen LogP contribution in [0.5, 0.6) is 11.5 Å². The molecule has 2 aromatic carbocycles. The number of nitrogens with zero attached hydrogens (tertiary/aromatic N) is 2. The van der Waals surface area contributed by atoms with Gasteiger partial charge in [0.05, 0.1) is 9.82 Å². The Morgan fingerprint density at radius 3 is 2.38 bits per heavy atom. The Morgan fingerprint density at radius 1 is 1.04 bits per heavy atom. The van der Waals surface area contributed by atoms with Crippen molar-refractivity contribution in [2.75, 3.05) is 13.1 Å². The Morgan fingerprint density at radius 2 is 1.73 bits per heavy atom. The summed E-state index contributed by atoms with van der Waals surface area (Å²) < 4.78 is 32.5. The highest BCUT2D eigenvalue weighted by molar-refractivity contribution is 7.89. The second-order valence-corrected chi connectivity index (χ2v) is 8.16. The van der Waals surface area contributed by atoms with E-state index in [9.17, 15) is 18.5 Å². The first-order valence-electron chi connectivity index (χ1n) is 8.41. The SMILES string of the molecule is Cc1ccccc1Oc1ccc(S(=O)(=O)N2CCCCC2)cc1[N+](=O)[O-]. The quantitative estimate of drug-likeness (QED) is 0.584. The molecule has 0 radical (unpaired) electrons. The smallest absolute Gasteiger partial charge is 0.312 e. The molecule has 0 saturated carbocycles. The molecule has 1 heterocycles. The first-order chi connectivity index (χ1) is 12.4. The van der Waals surface area contributed by atoms with Crippen molar-refractivity contribution in [3.8, 4) is 11.5 Å². The molecular formula is C18H20N2O5S. The summed E-state index contributed by atoms with van der Waals surface area (Å²) in [5.41, 5.74) is 0.457. The Kier molecular flexibility index (Phi) is 5.24. The maximum absolute atomic E-state index is 12.7. The van der Waals surface area contributed by atoms with E-state index in [1.54, 1.807) is 12.1 Å². The van der Waals surface area contributed by atoms with Crippen LogP contribution in [0.4, 0.5) is 5.69 Å². The highest BCUT2D eigenvalue weighted by Crippen LogP contribution is 2.35. The number of aryl methyl sites for hydroxylation is 1. The molecule has 0 N–H and O–H groups in total. The number of para-hydroxylation sites is 1. The van der Waals surface area contributed by atoms with E-state index in [1.165, 1.54) is 16.4 Å². The highest BCUT2D eigenvalue weighted by Gasteiger charge is 2.29. The summed E-state index contributed by atoms with van der Waals surface area (Å²) in [7, 11) is -3.74. The zero-order chi connectivity index (χ0) is 18.7. The summed E-state index contributed by atoms with van der Waals surface area (Å²) in [4.78, 5) is 10.8. The maximum Gasteiger partial charge on any atom is 0.312 e. The zero-order valence-electron chi connectivity index (χ0n) is 14.4. The Labute approximate surface area is 152 Å². The van der Waals surface area contributed by atoms with E-state index in [1.807, 2.05) is 19.1 Å². The molecule has 0 aromatic heterocycles. The van der Waals surface area contributed by atoms with Crippen molar-refractivity contribution in [2.45, 2.75) is 31.1 Å². The minimum atomic E-state index is -3.74. The van der Waals surface area contributed by atoms with Gasteiger partial charge in [0, 0.05) is 19.2 Å². The molecule has 2 aromatic rings. The maximum atomic E-state index is 12.7. The van der Waals surface area contributed by atoms with Gasteiger partial charge in [0.25, 0.3) is 0 Å². The Balaban J connectivity index is 1.97. The van der Waals surface area contributed by atoms with E-state index >= 15 is 0 Å². The number of benzene rings is 2. The van der Waals surface area contributed by atoms with Crippen molar-refractivity contribution >= 4 is 15.7 Å². The molecule has 1 fully saturated rings. The fourth-order valence-corrected chi connectivity index (χ4v) is 4.47. The van der Waals surface area contributed by atoms with Crippen molar-refractivity contribution < 1.29 is 18.1 Å². The number of ether oxygens (including phenoxy) is 1. The Hall–Kier alpha value is -2.45. The summed E-state index contributed by atoms with van der Waals surface area (Å²) in [5, 5.41) is 11.5. The van der Waals surface area contributed by atoms with E-state index in [4.69, 9.17) is 4.74 Å². The second kappa shape index (κ2) is 7.43. The van der Waals surface area contributed by atoms with Crippen molar-refractivity contribution in [3.63, 3.8) is 0 Å². The van der Waals surface area contributed by atoms with Gasteiger partial charge >= 0.3 is 5.69 Å². The lowest BCUT2D eigenvalue weighted by Crippen LogP contribution is -2.35. The number of hydrogen-bond acceptors (Lipinski definition) is 5. The fourth-order valence-electron chi connectivity index (χ4n) is 2.93. The van der Waals surface area contributed by atoms with Crippen LogP contribution in [0.15, 0.2) is 47.4 Å². The lowest BCUT2D eigenvalue weighted by atomic mass is 10.2. The normalized spacial score (nSPS) is 15.6. The van der Waals surface area contributed by atoms with Gasteiger partial charge in [-0.05, 0) is 43.5 Å². The van der Waals surface area contributed by atoms with Gasteiger partial charge in [-0.2, -0.15) is 4.31 Å². The molecule has 138 valence electrons. The van der Waals surface area contributed by atoms with Crippen molar-refractivity contribution in [2.24, 2.45) is 0 Å². The van der Waals surface area contributed by atoms with Crippen molar-refractivity contribution in [1.29, 1.82) is 0 Å². The van der Waals surface area contributed by atoms with Crippen molar-refractivity contribution in [1.82, 2.24) is 4.31 Å². The summed E-state index contributed by atoms with van der Waals surface area (Å²) >= 11 is 0. The largest absolute Gasteiger partial charge is 0.450 e. The summed E-state index contributed by atoms with van der Waals surface area (Å²) in [5.74, 6) is 0.504. The van der Waals surface area contributed by atoms with Gasteiger partial charge in [-0.1, -0.05) is 24.6 Å². The molecular weight excluding hydrogens is 356 g/mol. The third-order valence-electron chi connectivity index (χ3n) is 4.39. The van der Waals surface area contributed by atoms with Gasteiger partial charge in [-0.25, -0.2) is 8.42 Å². The van der Waals surface area contributed by atoms with Crippen LogP contribution in [-0.2, 0) is 10.0 Å². The van der Waals surface area contributed by atoms with Crippen LogP contribution in [0.2, 0.25) is 0 Å². The molecule has 8 heteroatoms. The monoisotopic (exact) mass is 376 g/mol. The van der Waals surface area contributed by atoms with Gasteiger partial charge in [0.1, 0.15) is 5.75 Å². The van der Waals surface area contributed by atoms with Gasteiger partial charge < -0.3 is 4.74 Å². The molecule has 7 nitrogen and oxygen atoms in total. The number of rotatable bonds is 5. The first-order valence-corrected chi connectivity index (χ1v) is 9.85. The minimum absolute atomic E-state index is 0.0156. The second-order valence-electron chi connectivity index (χ2n) is 6.22. The van der Waals surface area contributed by atoms with Crippen molar-refractivity contribution in [3.05, 3.63) is 58.1 Å². The van der Waals surface area contributed by atoms with Crippen LogP contribution in [0, 0.1) is 17.0 Å². The molecule has 0 amide bonds. The molecule has 0 aliphatic carbocycles. The molecule has 3 rings (SSSR count). The highest BCUT2D eigenvalue weighted by atomic mass is 32.2. The Bertz CT molecular complexity index is 921. The number of nitro groups is 1. The molecule has 1 aliphatic heterocycles. The van der Waals surface area contributed by atoms with Crippen LogP contribution in [-0.4, -0.2) is 30.7 Å². The summed E-state index contributed by atoms with van der Waals surface area (Å²) in [6, 6.07) is 10.9. The van der Waals surface area contributed by atoms with E-state index in [2.05, 4.69) is 0 Å². The molecule has 26 heavy (non-hydrogen) atoms. The number of piperidine rings is 1. The van der Waals surface area contributed by atoms with Crippen LogP contribution in [0.1, 0.15) is 24.8 Å². The molecule has 0 spiro atoms. The van der Waals surface area contributed by atoms with Crippen LogP contribution >= 0.6 is 0 Å². The fraction of sp³-hybridized carbons (Fsp3) is 0.333. The topological polar surface area (TPSA) is 89.8 Å². The average Bonchev–Trinajstić information content (AvgIpc) is 2.64. The number of sulfonamides is 1. The molecule has 0 bridgehead atoms. The first kappa shape index (κ1) is 18.3. The number of hydrogen-bond donors (Lipinski definition) is 0. The summed E-state index contributed by atoms with van der Waals surface area (Å²) in [6.07, 6.45) is 2.60. The lowest BCUT2D eigenvalue weighted by molar-refractivity contribution is -0.385. The standard InChI is InChI=1S/C18H20N2O5S/c1-14-7-3-4-8-17(14)25-18-10-9-15(13-16(18)20(21)22)26(23,24)19-11-5-2-6-12-19/h3-4,7-10,13H,2,5-6,11-12H2,1H3. The average molecular weight is 376 g/mol. The van der Waals surface area contributed by atoms with Crippen LogP contribution < -0.4 is 4.74 Å². The van der Waals surface area contributed by atoms with E-state index in [-0.39, 0.29) is 16.3 Å². The molecule has 0 unspecified atom stereocenters. The third-order valence-corrected chi connectivity index (χ3v) is 6.29. The van der Waals surface area contributed by atoms with Crippen LogP contribution in [0.3, 0.4) is 0 Å². The third kappa shape index (κ3) is 3.71. The number of nitro benzene ring substituents is 1. The minimum Gasteiger partial charge on any atom is -0.450 e. The zero-order valence-corrected chi connectivity index (χ0v) is 15.2. The van der Waals surface area contributed by atoms with Gasteiger partial charge in [0.2, 0.25) is 15.8 Å². The molecule has 1 saturated heterocycles. The van der Waals surface area contributed by atoms with E-state index in [0.717, 1.165) is 30.9 Å². The van der Waals surface area contributed by atoms with Crippen LogP contribution in [0.25, 0.3) is 0 Å². The summed E-state index contributed by atoms with van der Waals surface area (Å²) in [6.45, 7) is 2.71. The van der Waals surface area contributed by atoms with Gasteiger partial charge in [-0.3, -0.25) is 10.1 Å². The van der Waals surface area contributed by atoms with E-state index in [0.29, 0.717) is 18.8 Å². The molecule has 0 atom stereocenters. The molecule has 1 aliphatic rings. The predicted octanol–water partition coefficient (Wildman–Crippen LogP) is 3.87. The van der Waals surface area contributed by atoms with Gasteiger partial charge in [0.15, 0.2) is 0 Å². The predicted molar refractivity (Wildman–Crippen MR) is 97.0 cm³/mol. The van der Waals surface area contributed by atoms with E-state index < -0.39 is 14.9 Å². The lowest BCUT2D eigenvalue weighted by Gasteiger charge is -2.25.